The third-order valence-electron chi connectivity index (χ3n) is 6.21. The van der Waals surface area contributed by atoms with E-state index in [-0.39, 0.29) is 24.8 Å². The molecule has 0 saturated heterocycles. The monoisotopic (exact) mass is 465 g/mol. The molecule has 1 aliphatic carbocycles. The van der Waals surface area contributed by atoms with Crippen molar-refractivity contribution in [3.63, 3.8) is 0 Å². The quantitative estimate of drug-likeness (QED) is 0.528. The van der Waals surface area contributed by atoms with Crippen molar-refractivity contribution < 1.29 is 28.2 Å². The first-order valence-corrected chi connectivity index (χ1v) is 11.5. The second kappa shape index (κ2) is 10.2. The number of Topliss-reactive ketones (excluding diaryl/α,β-unsaturated/α-hetero) is 1. The Morgan fingerprint density at radius 3 is 2.71 bits per heavy atom. The number of esters is 1. The van der Waals surface area contributed by atoms with Crippen molar-refractivity contribution in [3.05, 3.63) is 70.7 Å². The Labute approximate surface area is 198 Å². The largest absolute Gasteiger partial charge is 0.493 e. The molecule has 0 fully saturated rings. The third-order valence-corrected chi connectivity index (χ3v) is 6.21. The van der Waals surface area contributed by atoms with Crippen LogP contribution in [-0.2, 0) is 20.9 Å². The van der Waals surface area contributed by atoms with Crippen molar-refractivity contribution in [1.82, 2.24) is 0 Å². The van der Waals surface area contributed by atoms with Crippen molar-refractivity contribution in [2.45, 2.75) is 45.6 Å². The van der Waals surface area contributed by atoms with Gasteiger partial charge in [0.2, 0.25) is 0 Å². The number of allylic oxidation sites excluding steroid dienone is 2. The highest BCUT2D eigenvalue weighted by molar-refractivity contribution is 6.08. The van der Waals surface area contributed by atoms with Gasteiger partial charge in [0.1, 0.15) is 18.3 Å². The highest BCUT2D eigenvalue weighted by atomic mass is 19.1. The summed E-state index contributed by atoms with van der Waals surface area (Å²) in [7, 11) is 1.53. The van der Waals surface area contributed by atoms with Crippen molar-refractivity contribution in [1.29, 1.82) is 0 Å². The van der Waals surface area contributed by atoms with Gasteiger partial charge in [-0.2, -0.15) is 0 Å². The van der Waals surface area contributed by atoms with Gasteiger partial charge in [0, 0.05) is 29.3 Å². The number of carbonyl (C=O) groups is 2. The first-order chi connectivity index (χ1) is 16.4. The number of hydrogen-bond acceptors (Lipinski definition) is 6. The van der Waals surface area contributed by atoms with Gasteiger partial charge in [-0.25, -0.2) is 4.39 Å². The minimum Gasteiger partial charge on any atom is -0.493 e. The number of rotatable bonds is 7. The van der Waals surface area contributed by atoms with E-state index in [2.05, 4.69) is 4.99 Å². The second-order valence-corrected chi connectivity index (χ2v) is 8.43. The molecule has 34 heavy (non-hydrogen) atoms. The van der Waals surface area contributed by atoms with Gasteiger partial charge in [-0.15, -0.1) is 0 Å². The van der Waals surface area contributed by atoms with Crippen molar-refractivity contribution >= 4 is 17.5 Å². The maximum Gasteiger partial charge on any atom is 0.315 e. The number of halogens is 1. The SMILES string of the molecule is CCOC(=O)C1C(C)=NC2=C(C(=O)CCC2)[C@@H]1c1ccc(OCc2cccc(F)c2)c(OC)c1. The van der Waals surface area contributed by atoms with E-state index in [9.17, 15) is 14.0 Å². The van der Waals surface area contributed by atoms with Crippen LogP contribution in [0.25, 0.3) is 0 Å². The normalized spacial score (nSPS) is 19.9. The number of methoxy groups -OCH3 is 1. The van der Waals surface area contributed by atoms with Gasteiger partial charge >= 0.3 is 5.97 Å². The summed E-state index contributed by atoms with van der Waals surface area (Å²) >= 11 is 0. The first-order valence-electron chi connectivity index (χ1n) is 11.5. The summed E-state index contributed by atoms with van der Waals surface area (Å²) in [5.74, 6) is -0.971. The molecule has 0 N–H and O–H groups in total. The Balaban J connectivity index is 1.70. The molecule has 0 amide bonds. The topological polar surface area (TPSA) is 74.2 Å². The maximum atomic E-state index is 13.5. The lowest BCUT2D eigenvalue weighted by Crippen LogP contribution is -2.37. The van der Waals surface area contributed by atoms with Crippen LogP contribution in [-0.4, -0.2) is 31.2 Å². The summed E-state index contributed by atoms with van der Waals surface area (Å²) in [5, 5.41) is 0. The molecular formula is C27H28FNO5. The Bertz CT molecular complexity index is 1170. The fourth-order valence-electron chi connectivity index (χ4n) is 4.69. The van der Waals surface area contributed by atoms with E-state index in [1.54, 1.807) is 31.2 Å². The van der Waals surface area contributed by atoms with Crippen LogP contribution in [0.5, 0.6) is 11.5 Å². The third kappa shape index (κ3) is 4.74. The van der Waals surface area contributed by atoms with Crippen LogP contribution in [0.3, 0.4) is 0 Å². The maximum absolute atomic E-state index is 13.5. The molecule has 1 aliphatic heterocycles. The molecule has 0 aromatic heterocycles. The second-order valence-electron chi connectivity index (χ2n) is 8.43. The van der Waals surface area contributed by atoms with Crippen LogP contribution in [0.2, 0.25) is 0 Å². The summed E-state index contributed by atoms with van der Waals surface area (Å²) in [4.78, 5) is 30.6. The lowest BCUT2D eigenvalue weighted by atomic mass is 9.71. The molecule has 1 unspecified atom stereocenters. The van der Waals surface area contributed by atoms with Gasteiger partial charge in [-0.1, -0.05) is 18.2 Å². The van der Waals surface area contributed by atoms with Gasteiger partial charge in [0.05, 0.1) is 13.7 Å². The number of ketones is 1. The minimum absolute atomic E-state index is 0.0159. The van der Waals surface area contributed by atoms with Crippen molar-refractivity contribution in [3.8, 4) is 11.5 Å². The van der Waals surface area contributed by atoms with E-state index < -0.39 is 17.8 Å². The number of benzene rings is 2. The summed E-state index contributed by atoms with van der Waals surface area (Å²) < 4.78 is 30.3. The standard InChI is InChI=1S/C27H28FNO5/c1-4-33-27(31)24-16(2)29-20-9-6-10-21(30)26(20)25(24)18-11-12-22(23(14-18)32-3)34-15-17-7-5-8-19(28)13-17/h5,7-8,11-14,24-25H,4,6,9-10,15H2,1-3H3/t24?,25-/m1/s1. The summed E-state index contributed by atoms with van der Waals surface area (Å²) in [6, 6.07) is 11.6. The predicted molar refractivity (Wildman–Crippen MR) is 126 cm³/mol. The highest BCUT2D eigenvalue weighted by Gasteiger charge is 2.43. The molecule has 2 atom stereocenters. The van der Waals surface area contributed by atoms with Crippen LogP contribution in [0.1, 0.15) is 50.2 Å². The Morgan fingerprint density at radius 2 is 1.97 bits per heavy atom. The minimum atomic E-state index is -0.690. The molecule has 1 heterocycles. The van der Waals surface area contributed by atoms with Gasteiger partial charge < -0.3 is 14.2 Å². The number of aliphatic imine (C=N–C) groups is 1. The first kappa shape index (κ1) is 23.7. The van der Waals surface area contributed by atoms with Gasteiger partial charge in [-0.3, -0.25) is 14.6 Å². The average molecular weight is 466 g/mol. The smallest absolute Gasteiger partial charge is 0.315 e. The molecule has 0 saturated carbocycles. The fourth-order valence-corrected chi connectivity index (χ4v) is 4.69. The molecule has 0 bridgehead atoms. The molecule has 0 radical (unpaired) electrons. The molecule has 2 aromatic carbocycles. The van der Waals surface area contributed by atoms with Crippen molar-refractivity contribution in [2.75, 3.05) is 13.7 Å². The Kier molecular flexibility index (Phi) is 7.10. The number of carbonyl (C=O) groups excluding carboxylic acids is 2. The number of hydrogen-bond donors (Lipinski definition) is 0. The zero-order valence-electron chi connectivity index (χ0n) is 19.6. The molecule has 4 rings (SSSR count). The predicted octanol–water partition coefficient (Wildman–Crippen LogP) is 5.16. The Hall–Kier alpha value is -3.48. The van der Waals surface area contributed by atoms with Crippen LogP contribution in [0.4, 0.5) is 4.39 Å². The zero-order chi connectivity index (χ0) is 24.2. The molecule has 178 valence electrons. The van der Waals surface area contributed by atoms with E-state index in [1.807, 2.05) is 13.0 Å². The molecule has 7 heteroatoms. The van der Waals surface area contributed by atoms with Gasteiger partial charge in [0.15, 0.2) is 17.3 Å². The lowest BCUT2D eigenvalue weighted by Gasteiger charge is -2.34. The van der Waals surface area contributed by atoms with Gasteiger partial charge in [0.25, 0.3) is 0 Å². The van der Waals surface area contributed by atoms with Crippen LogP contribution >= 0.6 is 0 Å². The van der Waals surface area contributed by atoms with E-state index in [0.29, 0.717) is 41.2 Å². The van der Waals surface area contributed by atoms with Crippen LogP contribution < -0.4 is 9.47 Å². The molecule has 2 aliphatic rings. The van der Waals surface area contributed by atoms with E-state index in [4.69, 9.17) is 14.2 Å². The van der Waals surface area contributed by atoms with E-state index in [0.717, 1.165) is 17.7 Å². The summed E-state index contributed by atoms with van der Waals surface area (Å²) in [5.41, 5.74) is 3.43. The Morgan fingerprint density at radius 1 is 1.15 bits per heavy atom. The highest BCUT2D eigenvalue weighted by Crippen LogP contribution is 2.45. The lowest BCUT2D eigenvalue weighted by molar-refractivity contribution is -0.146. The molecule has 0 spiro atoms. The van der Waals surface area contributed by atoms with Crippen LogP contribution in [0.15, 0.2) is 58.7 Å². The average Bonchev–Trinajstić information content (AvgIpc) is 2.82. The van der Waals surface area contributed by atoms with Gasteiger partial charge in [-0.05, 0) is 62.1 Å². The molecule has 6 nitrogen and oxygen atoms in total. The van der Waals surface area contributed by atoms with Crippen LogP contribution in [0, 0.1) is 11.7 Å². The van der Waals surface area contributed by atoms with E-state index >= 15 is 0 Å². The fraction of sp³-hybridized carbons (Fsp3) is 0.370. The summed E-state index contributed by atoms with van der Waals surface area (Å²) in [6.07, 6.45) is 1.89. The number of nitrogens with zero attached hydrogens (tertiary/aromatic N) is 1. The van der Waals surface area contributed by atoms with E-state index in [1.165, 1.54) is 19.2 Å². The molecule has 2 aromatic rings. The summed E-state index contributed by atoms with van der Waals surface area (Å²) in [6.45, 7) is 3.98. The van der Waals surface area contributed by atoms with Crippen molar-refractivity contribution in [2.24, 2.45) is 10.9 Å². The number of ether oxygens (including phenoxy) is 3. The zero-order valence-corrected chi connectivity index (χ0v) is 19.6. The molecular weight excluding hydrogens is 437 g/mol.